The molecule has 0 radical (unpaired) electrons. The van der Waals surface area contributed by atoms with E-state index in [1.807, 2.05) is 6.92 Å². The van der Waals surface area contributed by atoms with Gasteiger partial charge in [0.25, 0.3) is 5.91 Å². The number of hydrogen-bond acceptors (Lipinski definition) is 4. The molecule has 1 atom stereocenters. The molecule has 1 amide bonds. The van der Waals surface area contributed by atoms with Crippen molar-refractivity contribution in [3.05, 3.63) is 28.2 Å². The zero-order valence-corrected chi connectivity index (χ0v) is 9.47. The molecule has 0 saturated carbocycles. The monoisotopic (exact) mass is 238 g/mol. The first-order valence-electron chi connectivity index (χ1n) is 5.40. The van der Waals surface area contributed by atoms with Crippen molar-refractivity contribution in [3.8, 4) is 5.75 Å². The normalized spacial score (nSPS) is 20.8. The van der Waals surface area contributed by atoms with Crippen LogP contribution < -0.4 is 10.7 Å². The van der Waals surface area contributed by atoms with Gasteiger partial charge in [-0.05, 0) is 13.3 Å². The molecule has 0 aromatic carbocycles. The van der Waals surface area contributed by atoms with Crippen LogP contribution in [0.15, 0.2) is 17.1 Å². The maximum atomic E-state index is 11.9. The van der Waals surface area contributed by atoms with Crippen LogP contribution in [0.25, 0.3) is 0 Å². The van der Waals surface area contributed by atoms with Gasteiger partial charge in [-0.1, -0.05) is 0 Å². The second-order valence-corrected chi connectivity index (χ2v) is 4.05. The maximum absolute atomic E-state index is 11.9. The SMILES string of the molecule is CC1CCOCn2ccc(=O)c(O)c2C(=O)N1. The molecule has 1 aromatic heterocycles. The summed E-state index contributed by atoms with van der Waals surface area (Å²) in [6.07, 6.45) is 2.12. The minimum absolute atomic E-state index is 0.0498. The number of nitrogens with one attached hydrogen (secondary N) is 1. The summed E-state index contributed by atoms with van der Waals surface area (Å²) in [5.41, 5.74) is -0.621. The molecule has 6 heteroatoms. The average Bonchev–Trinajstić information content (AvgIpc) is 2.34. The number of hydrogen-bond donors (Lipinski definition) is 2. The third-order valence-electron chi connectivity index (χ3n) is 2.67. The lowest BCUT2D eigenvalue weighted by atomic mass is 10.2. The quantitative estimate of drug-likeness (QED) is 0.669. The first kappa shape index (κ1) is 11.7. The van der Waals surface area contributed by atoms with Gasteiger partial charge >= 0.3 is 0 Å². The molecule has 2 N–H and O–H groups in total. The number of ether oxygens (including phenoxy) is 1. The molecule has 92 valence electrons. The van der Waals surface area contributed by atoms with Crippen LogP contribution >= 0.6 is 0 Å². The molecule has 0 fully saturated rings. The first-order valence-corrected chi connectivity index (χ1v) is 5.40. The highest BCUT2D eigenvalue weighted by Crippen LogP contribution is 2.13. The highest BCUT2D eigenvalue weighted by molar-refractivity contribution is 5.95. The van der Waals surface area contributed by atoms with Crippen LogP contribution in [0.3, 0.4) is 0 Å². The molecular weight excluding hydrogens is 224 g/mol. The lowest BCUT2D eigenvalue weighted by Crippen LogP contribution is -2.34. The van der Waals surface area contributed by atoms with Gasteiger partial charge in [-0.25, -0.2) is 0 Å². The molecule has 0 aliphatic carbocycles. The molecule has 1 unspecified atom stereocenters. The number of nitrogens with zero attached hydrogens (tertiary/aromatic N) is 1. The van der Waals surface area contributed by atoms with Gasteiger partial charge in [-0.2, -0.15) is 0 Å². The number of rotatable bonds is 0. The summed E-state index contributed by atoms with van der Waals surface area (Å²) in [4.78, 5) is 23.2. The number of carbonyl (C=O) groups is 1. The maximum Gasteiger partial charge on any atom is 0.272 e. The number of amides is 1. The number of pyridine rings is 1. The van der Waals surface area contributed by atoms with Crippen LogP contribution in [0.1, 0.15) is 23.8 Å². The molecular formula is C11H14N2O4. The summed E-state index contributed by atoms with van der Waals surface area (Å²) in [5.74, 6) is -0.999. The van der Waals surface area contributed by atoms with Crippen LogP contribution in [-0.4, -0.2) is 28.2 Å². The van der Waals surface area contributed by atoms with Gasteiger partial charge in [0.2, 0.25) is 5.43 Å². The number of carbonyl (C=O) groups excluding carboxylic acids is 1. The Morgan fingerprint density at radius 3 is 3.06 bits per heavy atom. The molecule has 17 heavy (non-hydrogen) atoms. The Labute approximate surface area is 97.8 Å². The fraction of sp³-hybridized carbons (Fsp3) is 0.455. The van der Waals surface area contributed by atoms with E-state index in [-0.39, 0.29) is 18.5 Å². The van der Waals surface area contributed by atoms with Gasteiger partial charge < -0.3 is 19.7 Å². The summed E-state index contributed by atoms with van der Waals surface area (Å²) in [6, 6.07) is 1.14. The Hall–Kier alpha value is -1.82. The number of aromatic hydroxyl groups is 1. The molecule has 6 nitrogen and oxygen atoms in total. The van der Waals surface area contributed by atoms with Gasteiger partial charge in [0.15, 0.2) is 11.4 Å². The number of fused-ring (bicyclic) bond motifs is 1. The van der Waals surface area contributed by atoms with Gasteiger partial charge in [0.1, 0.15) is 6.73 Å². The molecule has 1 aliphatic heterocycles. The average molecular weight is 238 g/mol. The Balaban J connectivity index is 2.50. The molecule has 2 heterocycles. The van der Waals surface area contributed by atoms with E-state index in [0.29, 0.717) is 13.0 Å². The van der Waals surface area contributed by atoms with Crippen LogP contribution in [0.2, 0.25) is 0 Å². The summed E-state index contributed by atoms with van der Waals surface area (Å²) in [5, 5.41) is 12.4. The fourth-order valence-corrected chi connectivity index (χ4v) is 1.70. The molecule has 1 aliphatic rings. The largest absolute Gasteiger partial charge is 0.503 e. The molecule has 1 aromatic rings. The van der Waals surface area contributed by atoms with Crippen molar-refractivity contribution in [3.63, 3.8) is 0 Å². The predicted octanol–water partition coefficient (Wildman–Crippen LogP) is 0.0500. The molecule has 0 saturated heterocycles. The van der Waals surface area contributed by atoms with Crippen LogP contribution in [-0.2, 0) is 11.5 Å². The highest BCUT2D eigenvalue weighted by atomic mass is 16.5. The topological polar surface area (TPSA) is 80.6 Å². The van der Waals surface area contributed by atoms with Gasteiger partial charge in [-0.15, -0.1) is 0 Å². The second-order valence-electron chi connectivity index (χ2n) is 4.05. The molecule has 0 bridgehead atoms. The Kier molecular flexibility index (Phi) is 3.14. The Bertz CT molecular complexity index is 495. The smallest absolute Gasteiger partial charge is 0.272 e. The van der Waals surface area contributed by atoms with Crippen LogP contribution in [0, 0.1) is 0 Å². The van der Waals surface area contributed by atoms with E-state index < -0.39 is 17.1 Å². The Morgan fingerprint density at radius 1 is 1.53 bits per heavy atom. The van der Waals surface area contributed by atoms with Crippen molar-refractivity contribution in [2.75, 3.05) is 6.61 Å². The van der Waals surface area contributed by atoms with E-state index in [1.165, 1.54) is 16.8 Å². The van der Waals surface area contributed by atoms with Crippen LogP contribution in [0.5, 0.6) is 5.75 Å². The highest BCUT2D eigenvalue weighted by Gasteiger charge is 2.21. The zero-order valence-electron chi connectivity index (χ0n) is 9.47. The van der Waals surface area contributed by atoms with Crippen molar-refractivity contribution in [1.82, 2.24) is 9.88 Å². The van der Waals surface area contributed by atoms with E-state index in [1.54, 1.807) is 0 Å². The minimum atomic E-state index is -0.571. The minimum Gasteiger partial charge on any atom is -0.503 e. The predicted molar refractivity (Wildman–Crippen MR) is 59.9 cm³/mol. The zero-order chi connectivity index (χ0) is 12.4. The Morgan fingerprint density at radius 2 is 2.29 bits per heavy atom. The molecule has 2 rings (SSSR count). The third kappa shape index (κ3) is 2.31. The van der Waals surface area contributed by atoms with Crippen molar-refractivity contribution < 1.29 is 14.6 Å². The van der Waals surface area contributed by atoms with Crippen LogP contribution in [0.4, 0.5) is 0 Å². The lowest BCUT2D eigenvalue weighted by Gasteiger charge is -2.13. The van der Waals surface area contributed by atoms with E-state index in [0.717, 1.165) is 0 Å². The van der Waals surface area contributed by atoms with Crippen molar-refractivity contribution in [1.29, 1.82) is 0 Å². The van der Waals surface area contributed by atoms with E-state index >= 15 is 0 Å². The van der Waals surface area contributed by atoms with E-state index in [4.69, 9.17) is 4.74 Å². The molecule has 0 spiro atoms. The van der Waals surface area contributed by atoms with Gasteiger partial charge in [0.05, 0.1) is 6.61 Å². The second kappa shape index (κ2) is 4.58. The van der Waals surface area contributed by atoms with E-state index in [2.05, 4.69) is 5.32 Å². The fourth-order valence-electron chi connectivity index (χ4n) is 1.70. The summed E-state index contributed by atoms with van der Waals surface area (Å²) in [6.45, 7) is 2.49. The lowest BCUT2D eigenvalue weighted by molar-refractivity contribution is 0.0720. The van der Waals surface area contributed by atoms with Crippen molar-refractivity contribution >= 4 is 5.91 Å². The van der Waals surface area contributed by atoms with Gasteiger partial charge in [0, 0.05) is 18.3 Å². The third-order valence-corrected chi connectivity index (χ3v) is 2.67. The van der Waals surface area contributed by atoms with Crippen molar-refractivity contribution in [2.45, 2.75) is 26.1 Å². The first-order chi connectivity index (χ1) is 8.09. The standard InChI is InChI=1S/C11H14N2O4/c1-7-3-5-17-6-13-4-2-8(14)10(15)9(13)11(16)12-7/h2,4,7,15H,3,5-6H2,1H3,(H,12,16). The van der Waals surface area contributed by atoms with Crippen molar-refractivity contribution in [2.24, 2.45) is 0 Å². The summed E-state index contributed by atoms with van der Waals surface area (Å²) < 4.78 is 6.77. The summed E-state index contributed by atoms with van der Waals surface area (Å²) in [7, 11) is 0. The number of aromatic nitrogens is 1. The van der Waals surface area contributed by atoms with Gasteiger partial charge in [-0.3, -0.25) is 9.59 Å². The summed E-state index contributed by atoms with van der Waals surface area (Å²) >= 11 is 0. The van der Waals surface area contributed by atoms with E-state index in [9.17, 15) is 14.7 Å².